The molecule has 1 aliphatic heterocycles. The fraction of sp³-hybridized carbons (Fsp3) is 0.150. The second kappa shape index (κ2) is 8.37. The van der Waals surface area contributed by atoms with E-state index in [0.29, 0.717) is 5.69 Å². The van der Waals surface area contributed by atoms with Crippen molar-refractivity contribution in [3.63, 3.8) is 0 Å². The number of anilines is 2. The number of benzene rings is 2. The van der Waals surface area contributed by atoms with Crippen LogP contribution in [0.1, 0.15) is 32.7 Å². The molecule has 2 aromatic carbocycles. The summed E-state index contributed by atoms with van der Waals surface area (Å²) in [7, 11) is 0. The number of aryl methyl sites for hydroxylation is 1. The highest BCUT2D eigenvalue weighted by Gasteiger charge is 2.42. The van der Waals surface area contributed by atoms with Crippen LogP contribution in [-0.2, 0) is 9.59 Å². The van der Waals surface area contributed by atoms with Crippen LogP contribution in [0.25, 0.3) is 0 Å². The predicted molar refractivity (Wildman–Crippen MR) is 109 cm³/mol. The van der Waals surface area contributed by atoms with E-state index in [2.05, 4.69) is 5.32 Å². The van der Waals surface area contributed by atoms with Crippen LogP contribution < -0.4 is 10.2 Å². The van der Waals surface area contributed by atoms with Crippen LogP contribution in [0.4, 0.5) is 16.2 Å². The highest BCUT2D eigenvalue weighted by molar-refractivity contribution is 8.15. The maximum absolute atomic E-state index is 12.7. The molecule has 1 heterocycles. The third kappa shape index (κ3) is 4.33. The van der Waals surface area contributed by atoms with Gasteiger partial charge in [-0.1, -0.05) is 18.2 Å². The lowest BCUT2D eigenvalue weighted by molar-refractivity contribution is -0.121. The number of carbonyl (C=O) groups is 5. The molecule has 154 valence electrons. The van der Waals surface area contributed by atoms with Crippen LogP contribution in [-0.4, -0.2) is 44.5 Å². The van der Waals surface area contributed by atoms with E-state index in [1.807, 2.05) is 0 Å². The van der Waals surface area contributed by atoms with Gasteiger partial charge in [-0.15, -0.1) is 0 Å². The van der Waals surface area contributed by atoms with Crippen molar-refractivity contribution in [1.82, 2.24) is 0 Å². The van der Waals surface area contributed by atoms with E-state index < -0.39 is 34.2 Å². The number of para-hydroxylation sites is 1. The maximum atomic E-state index is 12.7. The minimum atomic E-state index is -1.35. The molecule has 30 heavy (non-hydrogen) atoms. The first kappa shape index (κ1) is 21.1. The van der Waals surface area contributed by atoms with Crippen molar-refractivity contribution in [2.24, 2.45) is 0 Å². The zero-order valence-electron chi connectivity index (χ0n) is 15.6. The van der Waals surface area contributed by atoms with Gasteiger partial charge in [-0.3, -0.25) is 14.4 Å². The molecule has 10 heteroatoms. The number of hydrogen-bond acceptors (Lipinski definition) is 6. The Labute approximate surface area is 174 Å². The minimum Gasteiger partial charge on any atom is -0.478 e. The zero-order chi connectivity index (χ0) is 22.0. The lowest BCUT2D eigenvalue weighted by Crippen LogP contribution is -2.33. The summed E-state index contributed by atoms with van der Waals surface area (Å²) in [5.41, 5.74) is 0.532. The molecule has 9 nitrogen and oxygen atoms in total. The predicted octanol–water partition coefficient (Wildman–Crippen LogP) is 2.99. The van der Waals surface area contributed by atoms with Crippen LogP contribution in [0.5, 0.6) is 0 Å². The van der Waals surface area contributed by atoms with Gasteiger partial charge in [0.15, 0.2) is 0 Å². The summed E-state index contributed by atoms with van der Waals surface area (Å²) in [6.45, 7) is 1.76. The molecule has 0 aliphatic carbocycles. The van der Waals surface area contributed by atoms with Gasteiger partial charge in [-0.25, -0.2) is 14.5 Å². The van der Waals surface area contributed by atoms with Crippen LogP contribution in [0.2, 0.25) is 0 Å². The molecule has 1 saturated heterocycles. The molecule has 0 bridgehead atoms. The van der Waals surface area contributed by atoms with Crippen molar-refractivity contribution in [2.75, 3.05) is 10.2 Å². The smallest absolute Gasteiger partial charge is 0.335 e. The van der Waals surface area contributed by atoms with Gasteiger partial charge in [0, 0.05) is 12.1 Å². The van der Waals surface area contributed by atoms with Gasteiger partial charge >= 0.3 is 11.9 Å². The van der Waals surface area contributed by atoms with Gasteiger partial charge in [0.2, 0.25) is 11.8 Å². The summed E-state index contributed by atoms with van der Waals surface area (Å²) in [6.07, 6.45) is -0.336. The molecule has 0 saturated carbocycles. The Balaban J connectivity index is 1.75. The van der Waals surface area contributed by atoms with E-state index in [-0.39, 0.29) is 23.2 Å². The molecule has 1 atom stereocenters. The van der Waals surface area contributed by atoms with Crippen LogP contribution in [0.3, 0.4) is 0 Å². The fourth-order valence-corrected chi connectivity index (χ4v) is 3.92. The average molecular weight is 428 g/mol. The fourth-order valence-electron chi connectivity index (χ4n) is 2.95. The molecule has 1 aliphatic rings. The van der Waals surface area contributed by atoms with Gasteiger partial charge in [0.05, 0.1) is 16.8 Å². The van der Waals surface area contributed by atoms with Crippen molar-refractivity contribution >= 4 is 52.1 Å². The second-order valence-corrected chi connectivity index (χ2v) is 7.65. The molecule has 2 aromatic rings. The molecule has 1 unspecified atom stereocenters. The topological polar surface area (TPSA) is 141 Å². The highest BCUT2D eigenvalue weighted by Crippen LogP contribution is 2.35. The molecule has 0 radical (unpaired) electrons. The van der Waals surface area contributed by atoms with Crippen molar-refractivity contribution in [1.29, 1.82) is 0 Å². The van der Waals surface area contributed by atoms with Crippen LogP contribution >= 0.6 is 11.8 Å². The Morgan fingerprint density at radius 3 is 2.20 bits per heavy atom. The van der Waals surface area contributed by atoms with E-state index in [0.717, 1.165) is 40.4 Å². The lowest BCUT2D eigenvalue weighted by atomic mass is 10.1. The average Bonchev–Trinajstić information content (AvgIpc) is 2.95. The molecule has 3 amide bonds. The van der Waals surface area contributed by atoms with Crippen LogP contribution in [0.15, 0.2) is 42.5 Å². The number of carbonyl (C=O) groups excluding carboxylic acids is 3. The number of rotatable bonds is 6. The van der Waals surface area contributed by atoms with E-state index in [1.54, 1.807) is 31.2 Å². The summed E-state index contributed by atoms with van der Waals surface area (Å²) in [6, 6.07) is 10.1. The molecule has 0 spiro atoms. The number of aromatic carboxylic acids is 2. The highest BCUT2D eigenvalue weighted by atomic mass is 32.2. The third-order valence-corrected chi connectivity index (χ3v) is 5.40. The number of nitrogens with zero attached hydrogens (tertiary/aromatic N) is 1. The summed E-state index contributed by atoms with van der Waals surface area (Å²) in [5, 5.41) is 19.2. The minimum absolute atomic E-state index is 0.0326. The van der Waals surface area contributed by atoms with Crippen molar-refractivity contribution < 1.29 is 34.2 Å². The number of imide groups is 1. The Morgan fingerprint density at radius 1 is 1.03 bits per heavy atom. The normalized spacial score (nSPS) is 15.9. The molecular weight excluding hydrogens is 412 g/mol. The van der Waals surface area contributed by atoms with E-state index in [9.17, 15) is 24.0 Å². The standard InChI is InChI=1S/C20H16N2O7S/c1-10-4-2-3-5-14(10)22-17(24)15(30-20(22)29)9-16(23)21-13-7-11(18(25)26)6-12(8-13)19(27)28/h2-8,15H,9H2,1H3,(H,21,23)(H,25,26)(H,27,28). The van der Waals surface area contributed by atoms with Crippen molar-refractivity contribution in [2.45, 2.75) is 18.6 Å². The second-order valence-electron chi connectivity index (χ2n) is 6.49. The van der Waals surface area contributed by atoms with E-state index >= 15 is 0 Å². The molecular formula is C20H16N2O7S. The Kier molecular flexibility index (Phi) is 5.88. The molecule has 3 rings (SSSR count). The monoisotopic (exact) mass is 428 g/mol. The van der Waals surface area contributed by atoms with E-state index in [4.69, 9.17) is 10.2 Å². The zero-order valence-corrected chi connectivity index (χ0v) is 16.4. The molecule has 3 N–H and O–H groups in total. The van der Waals surface area contributed by atoms with Gasteiger partial charge < -0.3 is 15.5 Å². The van der Waals surface area contributed by atoms with Crippen molar-refractivity contribution in [3.05, 3.63) is 59.2 Å². The summed E-state index contributed by atoms with van der Waals surface area (Å²) >= 11 is 0.729. The number of amides is 3. The Morgan fingerprint density at radius 2 is 1.63 bits per heavy atom. The molecule has 1 fully saturated rings. The SMILES string of the molecule is Cc1ccccc1N1C(=O)SC(CC(=O)Nc2cc(C(=O)O)cc(C(=O)O)c2)C1=O. The number of thioether (sulfide) groups is 1. The summed E-state index contributed by atoms with van der Waals surface area (Å²) in [5.74, 6) is -3.89. The Bertz CT molecular complexity index is 1050. The first-order valence-corrected chi connectivity index (χ1v) is 9.57. The number of nitrogens with one attached hydrogen (secondary N) is 1. The third-order valence-electron chi connectivity index (χ3n) is 4.36. The van der Waals surface area contributed by atoms with Crippen molar-refractivity contribution in [3.8, 4) is 0 Å². The van der Waals surface area contributed by atoms with Gasteiger partial charge in [-0.05, 0) is 48.5 Å². The lowest BCUT2D eigenvalue weighted by Gasteiger charge is -2.16. The van der Waals surface area contributed by atoms with Crippen LogP contribution in [0, 0.1) is 6.92 Å². The quantitative estimate of drug-likeness (QED) is 0.638. The first-order chi connectivity index (χ1) is 14.2. The maximum Gasteiger partial charge on any atom is 0.335 e. The number of hydrogen-bond donors (Lipinski definition) is 3. The van der Waals surface area contributed by atoms with Gasteiger partial charge in [0.1, 0.15) is 5.25 Å². The van der Waals surface area contributed by atoms with Gasteiger partial charge in [-0.2, -0.15) is 0 Å². The molecule has 0 aromatic heterocycles. The van der Waals surface area contributed by atoms with Gasteiger partial charge in [0.25, 0.3) is 5.24 Å². The summed E-state index contributed by atoms with van der Waals surface area (Å²) in [4.78, 5) is 60.8. The number of carboxylic acids is 2. The Hall–Kier alpha value is -3.66. The first-order valence-electron chi connectivity index (χ1n) is 8.69. The summed E-state index contributed by atoms with van der Waals surface area (Å²) < 4.78 is 0. The van der Waals surface area contributed by atoms with E-state index in [1.165, 1.54) is 0 Å². The number of carboxylic acid groups (broad SMARTS) is 2. The largest absolute Gasteiger partial charge is 0.478 e.